The quantitative estimate of drug-likeness (QED) is 0.689. The molecule has 0 bridgehead atoms. The maximum atomic E-state index is 12.1. The highest BCUT2D eigenvalue weighted by atomic mass is 35.5. The number of hydrogen-bond donors (Lipinski definition) is 2. The van der Waals surface area contributed by atoms with Gasteiger partial charge in [-0.3, -0.25) is 9.59 Å². The summed E-state index contributed by atoms with van der Waals surface area (Å²) in [6.45, 7) is 1.21. The first-order valence-corrected chi connectivity index (χ1v) is 8.86. The van der Waals surface area contributed by atoms with Crippen LogP contribution in [-0.4, -0.2) is 30.4 Å². The third-order valence-electron chi connectivity index (χ3n) is 3.60. The molecule has 27 heavy (non-hydrogen) atoms. The number of ether oxygens (including phenoxy) is 1. The van der Waals surface area contributed by atoms with Crippen LogP contribution < -0.4 is 10.6 Å². The number of benzene rings is 2. The van der Waals surface area contributed by atoms with E-state index < -0.39 is 30.4 Å². The van der Waals surface area contributed by atoms with Crippen molar-refractivity contribution in [3.8, 4) is 0 Å². The maximum absolute atomic E-state index is 12.1. The topological polar surface area (TPSA) is 84.5 Å². The molecule has 0 radical (unpaired) electrons. The fourth-order valence-corrected chi connectivity index (χ4v) is 2.55. The third-order valence-corrected chi connectivity index (χ3v) is 4.30. The van der Waals surface area contributed by atoms with Crippen LogP contribution in [0.5, 0.6) is 0 Å². The molecular weight excluding hydrogens is 391 g/mol. The zero-order valence-electron chi connectivity index (χ0n) is 14.5. The van der Waals surface area contributed by atoms with Crippen molar-refractivity contribution in [2.75, 3.05) is 6.61 Å². The molecule has 0 aliphatic heterocycles. The van der Waals surface area contributed by atoms with Crippen LogP contribution in [0.1, 0.15) is 22.8 Å². The van der Waals surface area contributed by atoms with E-state index >= 15 is 0 Å². The first-order valence-electron chi connectivity index (χ1n) is 8.10. The minimum atomic E-state index is -0.940. The molecule has 2 amide bonds. The smallest absolute Gasteiger partial charge is 0.328 e. The van der Waals surface area contributed by atoms with Gasteiger partial charge in [-0.15, -0.1) is 0 Å². The Bertz CT molecular complexity index is 842. The van der Waals surface area contributed by atoms with Crippen LogP contribution in [0.15, 0.2) is 48.5 Å². The van der Waals surface area contributed by atoms with E-state index in [9.17, 15) is 14.4 Å². The van der Waals surface area contributed by atoms with Crippen molar-refractivity contribution in [3.63, 3.8) is 0 Å². The molecule has 0 saturated carbocycles. The number of nitrogens with one attached hydrogen (secondary N) is 2. The molecule has 0 aliphatic rings. The van der Waals surface area contributed by atoms with Gasteiger partial charge in [0, 0.05) is 11.6 Å². The van der Waals surface area contributed by atoms with E-state index in [0.29, 0.717) is 5.02 Å². The van der Waals surface area contributed by atoms with Crippen LogP contribution in [-0.2, 0) is 20.9 Å². The van der Waals surface area contributed by atoms with Crippen LogP contribution in [0.2, 0.25) is 10.0 Å². The standard InChI is InChI=1S/C19H18Cl2N2O4/c1-12(23-18(25)14-7-3-5-9-16(14)21)19(26)27-11-17(24)22-10-13-6-2-4-8-15(13)20/h2-9,12H,10-11H2,1H3,(H,22,24)(H,23,25)/t12-/m0/s1. The number of carbonyl (C=O) groups is 3. The number of hydrogen-bond acceptors (Lipinski definition) is 4. The lowest BCUT2D eigenvalue weighted by molar-refractivity contribution is -0.150. The summed E-state index contributed by atoms with van der Waals surface area (Å²) in [5.74, 6) is -1.72. The van der Waals surface area contributed by atoms with E-state index in [4.69, 9.17) is 27.9 Å². The first kappa shape index (κ1) is 20.7. The second-order valence-corrected chi connectivity index (χ2v) is 6.47. The summed E-state index contributed by atoms with van der Waals surface area (Å²) < 4.78 is 4.92. The Morgan fingerprint density at radius 1 is 1.00 bits per heavy atom. The van der Waals surface area contributed by atoms with Crippen molar-refractivity contribution in [3.05, 3.63) is 69.7 Å². The number of rotatable bonds is 7. The van der Waals surface area contributed by atoms with Gasteiger partial charge < -0.3 is 15.4 Å². The molecule has 2 aromatic carbocycles. The van der Waals surface area contributed by atoms with Crippen LogP contribution >= 0.6 is 23.2 Å². The Kier molecular flexibility index (Phi) is 7.64. The van der Waals surface area contributed by atoms with Gasteiger partial charge in [0.1, 0.15) is 6.04 Å². The molecule has 2 aromatic rings. The van der Waals surface area contributed by atoms with Gasteiger partial charge in [-0.2, -0.15) is 0 Å². The summed E-state index contributed by atoms with van der Waals surface area (Å²) in [4.78, 5) is 35.9. The molecule has 142 valence electrons. The number of carbonyl (C=O) groups excluding carboxylic acids is 3. The Morgan fingerprint density at radius 3 is 2.30 bits per heavy atom. The Labute approximate surface area is 166 Å². The molecule has 0 spiro atoms. The molecule has 0 aromatic heterocycles. The summed E-state index contributed by atoms with van der Waals surface area (Å²) in [5, 5.41) is 5.89. The highest BCUT2D eigenvalue weighted by molar-refractivity contribution is 6.33. The fraction of sp³-hybridized carbons (Fsp3) is 0.211. The van der Waals surface area contributed by atoms with Crippen molar-refractivity contribution in [1.82, 2.24) is 10.6 Å². The number of esters is 1. The Balaban J connectivity index is 1.77. The average Bonchev–Trinajstić information content (AvgIpc) is 2.65. The lowest BCUT2D eigenvalue weighted by Gasteiger charge is -2.14. The molecule has 6 nitrogen and oxygen atoms in total. The van der Waals surface area contributed by atoms with Gasteiger partial charge in [-0.25, -0.2) is 4.79 Å². The largest absolute Gasteiger partial charge is 0.454 e. The molecule has 2 N–H and O–H groups in total. The van der Waals surface area contributed by atoms with E-state index in [-0.39, 0.29) is 17.1 Å². The maximum Gasteiger partial charge on any atom is 0.328 e. The van der Waals surface area contributed by atoms with Gasteiger partial charge in [0.2, 0.25) is 0 Å². The molecule has 0 unspecified atom stereocenters. The van der Waals surface area contributed by atoms with Crippen LogP contribution in [0.3, 0.4) is 0 Å². The lowest BCUT2D eigenvalue weighted by atomic mass is 10.2. The van der Waals surface area contributed by atoms with Gasteiger partial charge in [-0.1, -0.05) is 53.5 Å². The second kappa shape index (κ2) is 9.94. The molecular formula is C19H18Cl2N2O4. The number of halogens is 2. The lowest BCUT2D eigenvalue weighted by Crippen LogP contribution is -2.41. The van der Waals surface area contributed by atoms with Crippen molar-refractivity contribution >= 4 is 41.0 Å². The normalized spacial score (nSPS) is 11.4. The Hall–Kier alpha value is -2.57. The minimum absolute atomic E-state index is 0.217. The summed E-state index contributed by atoms with van der Waals surface area (Å²) in [5.41, 5.74) is 0.996. The van der Waals surface area contributed by atoms with E-state index in [1.807, 2.05) is 0 Å². The highest BCUT2D eigenvalue weighted by Crippen LogP contribution is 2.15. The Morgan fingerprint density at radius 2 is 1.63 bits per heavy atom. The van der Waals surface area contributed by atoms with Crippen molar-refractivity contribution < 1.29 is 19.1 Å². The molecule has 0 fully saturated rings. The summed E-state index contributed by atoms with van der Waals surface area (Å²) in [6, 6.07) is 12.6. The van der Waals surface area contributed by atoms with Gasteiger partial charge in [0.05, 0.1) is 10.6 Å². The predicted octanol–water partition coefficient (Wildman–Crippen LogP) is 2.97. The van der Waals surface area contributed by atoms with Crippen molar-refractivity contribution in [1.29, 1.82) is 0 Å². The average molecular weight is 409 g/mol. The SMILES string of the molecule is C[C@H](NC(=O)c1ccccc1Cl)C(=O)OCC(=O)NCc1ccccc1Cl. The molecule has 0 heterocycles. The first-order chi connectivity index (χ1) is 12.9. The van der Waals surface area contributed by atoms with Crippen LogP contribution in [0, 0.1) is 0 Å². The summed E-state index contributed by atoms with van der Waals surface area (Å²) in [6.07, 6.45) is 0. The van der Waals surface area contributed by atoms with E-state index in [0.717, 1.165) is 5.56 Å². The molecule has 0 aliphatic carbocycles. The van der Waals surface area contributed by atoms with Gasteiger partial charge in [0.15, 0.2) is 6.61 Å². The summed E-state index contributed by atoms with van der Waals surface area (Å²) in [7, 11) is 0. The van der Waals surface area contributed by atoms with Gasteiger partial charge in [-0.05, 0) is 30.7 Å². The molecule has 0 saturated heterocycles. The summed E-state index contributed by atoms with van der Waals surface area (Å²) >= 11 is 11.9. The third kappa shape index (κ3) is 6.27. The van der Waals surface area contributed by atoms with Crippen molar-refractivity contribution in [2.24, 2.45) is 0 Å². The highest BCUT2D eigenvalue weighted by Gasteiger charge is 2.20. The fourth-order valence-electron chi connectivity index (χ4n) is 2.13. The number of amides is 2. The second-order valence-electron chi connectivity index (χ2n) is 5.65. The van der Waals surface area contributed by atoms with Crippen LogP contribution in [0.25, 0.3) is 0 Å². The zero-order valence-corrected chi connectivity index (χ0v) is 16.0. The molecule has 8 heteroatoms. The predicted molar refractivity (Wildman–Crippen MR) is 103 cm³/mol. The minimum Gasteiger partial charge on any atom is -0.454 e. The van der Waals surface area contributed by atoms with Crippen molar-refractivity contribution in [2.45, 2.75) is 19.5 Å². The van der Waals surface area contributed by atoms with Gasteiger partial charge >= 0.3 is 5.97 Å². The van der Waals surface area contributed by atoms with Gasteiger partial charge in [0.25, 0.3) is 11.8 Å². The van der Waals surface area contributed by atoms with Crippen LogP contribution in [0.4, 0.5) is 0 Å². The molecule has 2 rings (SSSR count). The van der Waals surface area contributed by atoms with E-state index in [1.54, 1.807) is 42.5 Å². The zero-order chi connectivity index (χ0) is 19.8. The van der Waals surface area contributed by atoms with E-state index in [2.05, 4.69) is 10.6 Å². The molecule has 1 atom stereocenters. The monoisotopic (exact) mass is 408 g/mol. The van der Waals surface area contributed by atoms with E-state index in [1.165, 1.54) is 13.0 Å².